The third-order valence-electron chi connectivity index (χ3n) is 3.46. The molecule has 0 unspecified atom stereocenters. The molecule has 0 saturated heterocycles. The van der Waals surface area contributed by atoms with Crippen molar-refractivity contribution < 1.29 is 27.1 Å². The van der Waals surface area contributed by atoms with Gasteiger partial charge in [-0.25, -0.2) is 19.2 Å². The average molecular weight is 427 g/mol. The standard InChI is InChI=1S/C18H11ClF4N4O2/c19-15-8-16(25-9-24-15)29-14-5-4-12(7-13(14)20)27-17(28)26-11-3-1-2-10(6-11)18(21,22)23/h1-9H,(H2,26,27,28). The zero-order valence-electron chi connectivity index (χ0n) is 14.3. The monoisotopic (exact) mass is 426 g/mol. The quantitative estimate of drug-likeness (QED) is 0.413. The highest BCUT2D eigenvalue weighted by Crippen LogP contribution is 2.31. The normalized spacial score (nSPS) is 11.1. The zero-order chi connectivity index (χ0) is 21.0. The second-order valence-electron chi connectivity index (χ2n) is 5.58. The third kappa shape index (κ3) is 5.55. The van der Waals surface area contributed by atoms with E-state index in [1.165, 1.54) is 24.3 Å². The lowest BCUT2D eigenvalue weighted by Gasteiger charge is -2.11. The van der Waals surface area contributed by atoms with Gasteiger partial charge in [0.05, 0.1) is 5.56 Å². The Balaban J connectivity index is 1.66. The molecule has 150 valence electrons. The lowest BCUT2D eigenvalue weighted by molar-refractivity contribution is -0.137. The number of nitrogens with one attached hydrogen (secondary N) is 2. The van der Waals surface area contributed by atoms with E-state index in [0.29, 0.717) is 0 Å². The molecule has 11 heteroatoms. The molecular weight excluding hydrogens is 416 g/mol. The summed E-state index contributed by atoms with van der Waals surface area (Å²) in [6.45, 7) is 0. The number of rotatable bonds is 4. The number of amides is 2. The van der Waals surface area contributed by atoms with E-state index in [9.17, 15) is 22.4 Å². The van der Waals surface area contributed by atoms with Crippen LogP contribution in [0.4, 0.5) is 33.7 Å². The van der Waals surface area contributed by atoms with Gasteiger partial charge in [-0.15, -0.1) is 0 Å². The number of aromatic nitrogens is 2. The number of hydrogen-bond donors (Lipinski definition) is 2. The number of halogens is 5. The van der Waals surface area contributed by atoms with Gasteiger partial charge in [0.25, 0.3) is 0 Å². The fraction of sp³-hybridized carbons (Fsp3) is 0.0556. The predicted octanol–water partition coefficient (Wildman–Crippen LogP) is 5.72. The van der Waals surface area contributed by atoms with Crippen LogP contribution in [0.1, 0.15) is 5.56 Å². The second-order valence-corrected chi connectivity index (χ2v) is 5.97. The number of nitrogens with zero attached hydrogens (tertiary/aromatic N) is 2. The molecule has 29 heavy (non-hydrogen) atoms. The first kappa shape index (κ1) is 20.3. The van der Waals surface area contributed by atoms with Crippen LogP contribution in [0.3, 0.4) is 0 Å². The summed E-state index contributed by atoms with van der Waals surface area (Å²) in [7, 11) is 0. The van der Waals surface area contributed by atoms with Gasteiger partial charge in [0, 0.05) is 23.5 Å². The second kappa shape index (κ2) is 8.31. The van der Waals surface area contributed by atoms with Gasteiger partial charge in [-0.1, -0.05) is 17.7 Å². The number of anilines is 2. The van der Waals surface area contributed by atoms with Crippen molar-refractivity contribution >= 4 is 29.0 Å². The zero-order valence-corrected chi connectivity index (χ0v) is 15.1. The topological polar surface area (TPSA) is 76.1 Å². The van der Waals surface area contributed by atoms with Crippen molar-refractivity contribution in [1.82, 2.24) is 9.97 Å². The predicted molar refractivity (Wildman–Crippen MR) is 97.6 cm³/mol. The van der Waals surface area contributed by atoms with Gasteiger partial charge in [-0.3, -0.25) is 0 Å². The summed E-state index contributed by atoms with van der Waals surface area (Å²) in [5, 5.41) is 4.67. The molecule has 0 bridgehead atoms. The van der Waals surface area contributed by atoms with Crippen molar-refractivity contribution in [2.75, 3.05) is 10.6 Å². The molecule has 0 aliphatic heterocycles. The largest absolute Gasteiger partial charge is 0.436 e. The van der Waals surface area contributed by atoms with Crippen LogP contribution in [0.15, 0.2) is 54.9 Å². The molecule has 1 aromatic heterocycles. The minimum absolute atomic E-state index is 0.0203. The summed E-state index contributed by atoms with van der Waals surface area (Å²) in [5.74, 6) is -0.966. The molecule has 1 heterocycles. The first-order valence-electron chi connectivity index (χ1n) is 7.91. The average Bonchev–Trinajstić information content (AvgIpc) is 2.63. The number of carbonyl (C=O) groups is 1. The van der Waals surface area contributed by atoms with Crippen LogP contribution in [0.25, 0.3) is 0 Å². The molecule has 3 aromatic rings. The van der Waals surface area contributed by atoms with E-state index in [2.05, 4.69) is 20.6 Å². The molecule has 0 radical (unpaired) electrons. The van der Waals surface area contributed by atoms with Crippen molar-refractivity contribution in [3.63, 3.8) is 0 Å². The van der Waals surface area contributed by atoms with Crippen molar-refractivity contribution in [3.8, 4) is 11.6 Å². The van der Waals surface area contributed by atoms with Crippen LogP contribution < -0.4 is 15.4 Å². The minimum atomic E-state index is -4.54. The number of carbonyl (C=O) groups excluding carboxylic acids is 1. The first-order chi connectivity index (χ1) is 13.7. The number of urea groups is 1. The molecule has 6 nitrogen and oxygen atoms in total. The molecule has 0 spiro atoms. The van der Waals surface area contributed by atoms with Crippen LogP contribution in [0.5, 0.6) is 11.6 Å². The smallest absolute Gasteiger partial charge is 0.416 e. The maximum absolute atomic E-state index is 14.2. The van der Waals surface area contributed by atoms with E-state index in [-0.39, 0.29) is 28.2 Å². The Bertz CT molecular complexity index is 1050. The highest BCUT2D eigenvalue weighted by Gasteiger charge is 2.30. The van der Waals surface area contributed by atoms with Gasteiger partial charge in [-0.05, 0) is 30.3 Å². The van der Waals surface area contributed by atoms with E-state index in [1.807, 2.05) is 0 Å². The molecule has 3 rings (SSSR count). The Morgan fingerprint density at radius 1 is 1.00 bits per heavy atom. The van der Waals surface area contributed by atoms with Crippen LogP contribution in [-0.4, -0.2) is 16.0 Å². The van der Waals surface area contributed by atoms with Crippen LogP contribution in [0, 0.1) is 5.82 Å². The molecule has 0 aliphatic carbocycles. The fourth-order valence-corrected chi connectivity index (χ4v) is 2.35. The van der Waals surface area contributed by atoms with Crippen LogP contribution in [0.2, 0.25) is 5.15 Å². The summed E-state index contributed by atoms with van der Waals surface area (Å²) < 4.78 is 57.6. The van der Waals surface area contributed by atoms with Crippen molar-refractivity contribution in [1.29, 1.82) is 0 Å². The Morgan fingerprint density at radius 2 is 1.72 bits per heavy atom. The van der Waals surface area contributed by atoms with Crippen LogP contribution in [-0.2, 0) is 6.18 Å². The molecule has 0 fully saturated rings. The van der Waals surface area contributed by atoms with Crippen molar-refractivity contribution in [2.45, 2.75) is 6.18 Å². The summed E-state index contributed by atoms with van der Waals surface area (Å²) in [4.78, 5) is 19.4. The molecular formula is C18H11ClF4N4O2. The number of hydrogen-bond acceptors (Lipinski definition) is 4. The maximum atomic E-state index is 14.2. The van der Waals surface area contributed by atoms with E-state index >= 15 is 0 Å². The highest BCUT2D eigenvalue weighted by atomic mass is 35.5. The van der Waals surface area contributed by atoms with Gasteiger partial charge in [0.15, 0.2) is 11.6 Å². The fourth-order valence-electron chi connectivity index (χ4n) is 2.21. The van der Waals surface area contributed by atoms with Gasteiger partial charge in [-0.2, -0.15) is 13.2 Å². The molecule has 0 saturated carbocycles. The number of ether oxygens (including phenoxy) is 1. The molecule has 2 aromatic carbocycles. The SMILES string of the molecule is O=C(Nc1cccc(C(F)(F)F)c1)Nc1ccc(Oc2cc(Cl)ncn2)c(F)c1. The van der Waals surface area contributed by atoms with E-state index in [4.69, 9.17) is 16.3 Å². The van der Waals surface area contributed by atoms with Crippen molar-refractivity contribution in [3.05, 3.63) is 71.4 Å². The van der Waals surface area contributed by atoms with Gasteiger partial charge >= 0.3 is 12.2 Å². The van der Waals surface area contributed by atoms with E-state index in [1.54, 1.807) is 0 Å². The number of benzene rings is 2. The van der Waals surface area contributed by atoms with Crippen molar-refractivity contribution in [2.24, 2.45) is 0 Å². The summed E-state index contributed by atoms with van der Waals surface area (Å²) >= 11 is 5.69. The molecule has 0 atom stereocenters. The first-order valence-corrected chi connectivity index (χ1v) is 8.29. The maximum Gasteiger partial charge on any atom is 0.416 e. The van der Waals surface area contributed by atoms with Crippen LogP contribution >= 0.6 is 11.6 Å². The molecule has 2 amide bonds. The summed E-state index contributed by atoms with van der Waals surface area (Å²) in [6, 6.07) is 8.10. The Labute approximate surface area is 166 Å². The summed E-state index contributed by atoms with van der Waals surface area (Å²) in [6.07, 6.45) is -3.40. The lowest BCUT2D eigenvalue weighted by atomic mass is 10.2. The summed E-state index contributed by atoms with van der Waals surface area (Å²) in [5.41, 5.74) is -0.925. The molecule has 0 aliphatic rings. The minimum Gasteiger partial charge on any atom is -0.436 e. The van der Waals surface area contributed by atoms with Gasteiger partial charge in [0.2, 0.25) is 5.88 Å². The third-order valence-corrected chi connectivity index (χ3v) is 3.67. The Hall–Kier alpha value is -3.40. The Morgan fingerprint density at radius 3 is 2.38 bits per heavy atom. The number of alkyl halides is 3. The van der Waals surface area contributed by atoms with Gasteiger partial charge < -0.3 is 15.4 Å². The highest BCUT2D eigenvalue weighted by molar-refractivity contribution is 6.29. The lowest BCUT2D eigenvalue weighted by Crippen LogP contribution is -2.20. The van der Waals surface area contributed by atoms with E-state index in [0.717, 1.165) is 30.6 Å². The van der Waals surface area contributed by atoms with E-state index < -0.39 is 23.6 Å². The Kier molecular flexibility index (Phi) is 5.83. The molecule has 2 N–H and O–H groups in total. The van der Waals surface area contributed by atoms with Gasteiger partial charge in [0.1, 0.15) is 11.5 Å².